The van der Waals surface area contributed by atoms with E-state index in [1.54, 1.807) is 22.5 Å². The van der Waals surface area contributed by atoms with E-state index in [0.717, 1.165) is 6.54 Å². The Labute approximate surface area is 58.7 Å². The van der Waals surface area contributed by atoms with Gasteiger partial charge in [0.1, 0.15) is 0 Å². The van der Waals surface area contributed by atoms with Gasteiger partial charge in [0, 0.05) is 0 Å². The summed E-state index contributed by atoms with van der Waals surface area (Å²) in [5.41, 5.74) is 5.28. The molecule has 0 saturated carbocycles. The number of rotatable bonds is 4. The van der Waals surface area contributed by atoms with Crippen molar-refractivity contribution in [3.05, 3.63) is 0 Å². The second-order valence-corrected chi connectivity index (χ2v) is 3.03. The average molecular weight is 205 g/mol. The molecule has 1 nitrogen and oxygen atoms in total. The fraction of sp³-hybridized carbons (Fsp3) is 1.00. The van der Waals surface area contributed by atoms with E-state index in [1.807, 2.05) is 0 Å². The van der Waals surface area contributed by atoms with Crippen LogP contribution < -0.4 is 5.73 Å². The summed E-state index contributed by atoms with van der Waals surface area (Å²) in [6.07, 6.45) is 3.94. The molecule has 41 valence electrons. The second kappa shape index (κ2) is 6.76. The van der Waals surface area contributed by atoms with Crippen molar-refractivity contribution in [3.63, 3.8) is 0 Å². The Morgan fingerprint density at radius 2 is 1.86 bits per heavy atom. The van der Waals surface area contributed by atoms with E-state index < -0.39 is 0 Å². The van der Waals surface area contributed by atoms with Crippen LogP contribution in [-0.4, -0.2) is 29.1 Å². The predicted molar refractivity (Wildman–Crippen MR) is 33.5 cm³/mol. The number of hydrogen-bond donors (Lipinski definition) is 1. The van der Waals surface area contributed by atoms with E-state index in [9.17, 15) is 0 Å². The van der Waals surface area contributed by atoms with Crippen molar-refractivity contribution in [1.29, 1.82) is 0 Å². The van der Waals surface area contributed by atoms with Crippen LogP contribution in [0.2, 0.25) is 4.44 Å². The topological polar surface area (TPSA) is 26.0 Å². The molecule has 0 aliphatic carbocycles. The molecule has 2 heteroatoms. The zero-order valence-electron chi connectivity index (χ0n) is 4.61. The van der Waals surface area contributed by atoms with Crippen molar-refractivity contribution in [2.24, 2.45) is 5.73 Å². The molecule has 0 atom stereocenters. The van der Waals surface area contributed by atoms with Gasteiger partial charge in [0.2, 0.25) is 0 Å². The molecule has 0 spiro atoms. The molecule has 0 aromatic heterocycles. The average Bonchev–Trinajstić information content (AvgIpc) is 1.69. The molecular formula is C5H12NSn. The molecule has 0 aromatic rings. The normalized spacial score (nSPS) is 9.43. The Morgan fingerprint density at radius 3 is 2.29 bits per heavy atom. The van der Waals surface area contributed by atoms with Gasteiger partial charge in [-0.25, -0.2) is 0 Å². The third-order valence-corrected chi connectivity index (χ3v) is 1.89. The fourth-order valence-corrected chi connectivity index (χ4v) is 1.16. The van der Waals surface area contributed by atoms with Crippen molar-refractivity contribution < 1.29 is 0 Å². The van der Waals surface area contributed by atoms with E-state index in [2.05, 4.69) is 0 Å². The Hall–Kier alpha value is 0.759. The van der Waals surface area contributed by atoms with Gasteiger partial charge in [-0.3, -0.25) is 0 Å². The minimum absolute atomic E-state index is 0.871. The monoisotopic (exact) mass is 206 g/mol. The molecule has 0 aromatic carbocycles. The number of hydrogen-bond acceptors (Lipinski definition) is 1. The van der Waals surface area contributed by atoms with Crippen LogP contribution in [0.3, 0.4) is 0 Å². The van der Waals surface area contributed by atoms with Gasteiger partial charge >= 0.3 is 58.5 Å². The molecule has 0 fully saturated rings. The van der Waals surface area contributed by atoms with Gasteiger partial charge in [-0.15, -0.1) is 0 Å². The molecule has 0 aliphatic heterocycles. The van der Waals surface area contributed by atoms with Crippen molar-refractivity contribution >= 4 is 22.5 Å². The van der Waals surface area contributed by atoms with Crippen LogP contribution in [0.15, 0.2) is 0 Å². The van der Waals surface area contributed by atoms with Gasteiger partial charge in [0.25, 0.3) is 0 Å². The molecule has 0 bridgehead atoms. The SMILES string of the molecule is NCCCC[CH2][Sn]. The van der Waals surface area contributed by atoms with Crippen LogP contribution in [0.25, 0.3) is 0 Å². The maximum absolute atomic E-state index is 5.28. The molecule has 0 aliphatic rings. The van der Waals surface area contributed by atoms with Gasteiger partial charge in [0.05, 0.1) is 0 Å². The van der Waals surface area contributed by atoms with Crippen molar-refractivity contribution in [1.82, 2.24) is 0 Å². The first-order chi connectivity index (χ1) is 3.41. The van der Waals surface area contributed by atoms with Gasteiger partial charge in [-0.1, -0.05) is 0 Å². The van der Waals surface area contributed by atoms with Crippen molar-refractivity contribution in [3.8, 4) is 0 Å². The van der Waals surface area contributed by atoms with Gasteiger partial charge in [-0.05, 0) is 0 Å². The maximum atomic E-state index is 5.28. The van der Waals surface area contributed by atoms with Crippen LogP contribution in [0.5, 0.6) is 0 Å². The summed E-state index contributed by atoms with van der Waals surface area (Å²) in [5.74, 6) is 0. The quantitative estimate of drug-likeness (QED) is 0.530. The zero-order valence-corrected chi connectivity index (χ0v) is 7.47. The summed E-state index contributed by atoms with van der Waals surface area (Å²) >= 11 is 1.66. The van der Waals surface area contributed by atoms with E-state index in [1.165, 1.54) is 23.7 Å². The molecular weight excluding hydrogens is 193 g/mol. The molecule has 0 amide bonds. The Bertz CT molecular complexity index is 27.3. The second-order valence-electron chi connectivity index (χ2n) is 1.60. The Morgan fingerprint density at radius 1 is 1.14 bits per heavy atom. The summed E-state index contributed by atoms with van der Waals surface area (Å²) < 4.78 is 1.40. The van der Waals surface area contributed by atoms with Gasteiger partial charge in [-0.2, -0.15) is 0 Å². The van der Waals surface area contributed by atoms with Crippen LogP contribution in [0, 0.1) is 0 Å². The molecule has 7 heavy (non-hydrogen) atoms. The van der Waals surface area contributed by atoms with Crippen LogP contribution >= 0.6 is 0 Å². The number of unbranched alkanes of at least 4 members (excludes halogenated alkanes) is 2. The summed E-state index contributed by atoms with van der Waals surface area (Å²) in [5, 5.41) is 0. The minimum atomic E-state index is 0.871. The zero-order chi connectivity index (χ0) is 5.54. The summed E-state index contributed by atoms with van der Waals surface area (Å²) in [7, 11) is 0. The standard InChI is InChI=1S/C5H12N.Sn/c1-2-3-4-5-6;/h1-6H2;. The van der Waals surface area contributed by atoms with E-state index in [-0.39, 0.29) is 0 Å². The van der Waals surface area contributed by atoms with Gasteiger partial charge in [0.15, 0.2) is 0 Å². The molecule has 0 unspecified atom stereocenters. The van der Waals surface area contributed by atoms with E-state index in [4.69, 9.17) is 5.73 Å². The first-order valence-electron chi connectivity index (χ1n) is 2.76. The fourth-order valence-electron chi connectivity index (χ4n) is 0.446. The third kappa shape index (κ3) is 6.76. The summed E-state index contributed by atoms with van der Waals surface area (Å²) in [6, 6.07) is 0. The Kier molecular flexibility index (Phi) is 7.49. The number of nitrogens with two attached hydrogens (primary N) is 1. The predicted octanol–water partition coefficient (Wildman–Crippen LogP) is 0.702. The van der Waals surface area contributed by atoms with E-state index >= 15 is 0 Å². The summed E-state index contributed by atoms with van der Waals surface area (Å²) in [6.45, 7) is 0.871. The molecule has 3 radical (unpaired) electrons. The molecule has 2 N–H and O–H groups in total. The molecule has 0 saturated heterocycles. The first-order valence-corrected chi connectivity index (χ1v) is 4.78. The summed E-state index contributed by atoms with van der Waals surface area (Å²) in [4.78, 5) is 0. The third-order valence-electron chi connectivity index (χ3n) is 0.881. The Balaban J connectivity index is 2.45. The first kappa shape index (κ1) is 7.76. The van der Waals surface area contributed by atoms with E-state index in [0.29, 0.717) is 0 Å². The van der Waals surface area contributed by atoms with Crippen LogP contribution in [0.4, 0.5) is 0 Å². The van der Waals surface area contributed by atoms with Crippen LogP contribution in [0.1, 0.15) is 19.3 Å². The molecule has 0 rings (SSSR count). The van der Waals surface area contributed by atoms with Gasteiger partial charge < -0.3 is 0 Å². The van der Waals surface area contributed by atoms with Crippen molar-refractivity contribution in [2.75, 3.05) is 6.54 Å². The van der Waals surface area contributed by atoms with Crippen LogP contribution in [-0.2, 0) is 0 Å². The molecule has 0 heterocycles. The van der Waals surface area contributed by atoms with Crippen molar-refractivity contribution in [2.45, 2.75) is 23.7 Å².